The van der Waals surface area contributed by atoms with Gasteiger partial charge in [0.1, 0.15) is 0 Å². The van der Waals surface area contributed by atoms with Crippen molar-refractivity contribution in [2.45, 2.75) is 25.3 Å². The predicted molar refractivity (Wildman–Crippen MR) is 59.0 cm³/mol. The lowest BCUT2D eigenvalue weighted by atomic mass is 10.2. The van der Waals surface area contributed by atoms with Gasteiger partial charge in [-0.2, -0.15) is 0 Å². The third-order valence-corrected chi connectivity index (χ3v) is 2.88. The van der Waals surface area contributed by atoms with E-state index in [-0.39, 0.29) is 0 Å². The number of ether oxygens (including phenoxy) is 2. The fourth-order valence-electron chi connectivity index (χ4n) is 2.01. The summed E-state index contributed by atoms with van der Waals surface area (Å²) in [4.78, 5) is 2.36. The fourth-order valence-corrected chi connectivity index (χ4v) is 2.01. The van der Waals surface area contributed by atoms with Gasteiger partial charge in [0.25, 0.3) is 0 Å². The molecule has 0 radical (unpaired) electrons. The van der Waals surface area contributed by atoms with Gasteiger partial charge < -0.3 is 14.6 Å². The molecule has 1 aliphatic rings. The zero-order valence-corrected chi connectivity index (χ0v) is 9.65. The van der Waals surface area contributed by atoms with E-state index in [4.69, 9.17) is 14.6 Å². The number of aliphatic hydroxyl groups excluding tert-OH is 1. The van der Waals surface area contributed by atoms with Gasteiger partial charge in [0.2, 0.25) is 0 Å². The van der Waals surface area contributed by atoms with E-state index in [0.29, 0.717) is 25.9 Å². The molecule has 1 N–H and O–H groups in total. The summed E-state index contributed by atoms with van der Waals surface area (Å²) in [5.74, 6) is 0. The molecule has 0 amide bonds. The second-order valence-electron chi connectivity index (χ2n) is 3.97. The third-order valence-electron chi connectivity index (χ3n) is 2.88. The Balaban J connectivity index is 1.95. The Labute approximate surface area is 92.2 Å². The molecular formula is C11H23NO3. The van der Waals surface area contributed by atoms with E-state index in [2.05, 4.69) is 4.90 Å². The van der Waals surface area contributed by atoms with Crippen LogP contribution in [0.4, 0.5) is 0 Å². The number of likely N-dealkylation sites (tertiary alicyclic amines) is 1. The minimum absolute atomic E-state index is 0.296. The molecule has 1 fully saturated rings. The molecule has 1 aliphatic heterocycles. The number of hydrogen-bond donors (Lipinski definition) is 1. The van der Waals surface area contributed by atoms with E-state index < -0.39 is 0 Å². The second kappa shape index (κ2) is 8.05. The lowest BCUT2D eigenvalue weighted by molar-refractivity contribution is 0.0626. The molecule has 0 bridgehead atoms. The van der Waals surface area contributed by atoms with E-state index in [9.17, 15) is 0 Å². The van der Waals surface area contributed by atoms with Gasteiger partial charge in [-0.25, -0.2) is 0 Å². The highest BCUT2D eigenvalue weighted by molar-refractivity contribution is 4.77. The van der Waals surface area contributed by atoms with Gasteiger partial charge in [0, 0.05) is 26.3 Å². The number of rotatable bonds is 8. The van der Waals surface area contributed by atoms with E-state index in [0.717, 1.165) is 32.5 Å². The van der Waals surface area contributed by atoms with Gasteiger partial charge in [0.05, 0.1) is 19.8 Å². The number of hydrogen-bond acceptors (Lipinski definition) is 4. The maximum atomic E-state index is 9.12. The molecule has 0 spiro atoms. The van der Waals surface area contributed by atoms with Crippen LogP contribution in [0.5, 0.6) is 0 Å². The molecule has 1 heterocycles. The minimum atomic E-state index is 0.296. The summed E-state index contributed by atoms with van der Waals surface area (Å²) < 4.78 is 10.3. The molecule has 4 heteroatoms. The smallest absolute Gasteiger partial charge is 0.0700 e. The van der Waals surface area contributed by atoms with Crippen LogP contribution in [0.1, 0.15) is 19.3 Å². The SMILES string of the molecule is COCCOCCCN1CCCC1CO. The summed E-state index contributed by atoms with van der Waals surface area (Å²) in [6.45, 7) is 4.60. The first-order valence-electron chi connectivity index (χ1n) is 5.80. The molecule has 90 valence electrons. The summed E-state index contributed by atoms with van der Waals surface area (Å²) in [6.07, 6.45) is 3.40. The van der Waals surface area contributed by atoms with Crippen molar-refractivity contribution in [3.63, 3.8) is 0 Å². The van der Waals surface area contributed by atoms with Crippen LogP contribution in [0, 0.1) is 0 Å². The first kappa shape index (κ1) is 12.9. The van der Waals surface area contributed by atoms with Crippen molar-refractivity contribution in [1.29, 1.82) is 0 Å². The van der Waals surface area contributed by atoms with Gasteiger partial charge in [-0.15, -0.1) is 0 Å². The van der Waals surface area contributed by atoms with Crippen LogP contribution in [0.2, 0.25) is 0 Å². The molecule has 0 aromatic rings. The lowest BCUT2D eigenvalue weighted by Gasteiger charge is -2.22. The van der Waals surface area contributed by atoms with E-state index in [1.807, 2.05) is 0 Å². The minimum Gasteiger partial charge on any atom is -0.395 e. The molecule has 0 saturated carbocycles. The number of aliphatic hydroxyl groups is 1. The Kier molecular flexibility index (Phi) is 6.92. The largest absolute Gasteiger partial charge is 0.395 e. The maximum Gasteiger partial charge on any atom is 0.0700 e. The van der Waals surface area contributed by atoms with Crippen LogP contribution in [0.3, 0.4) is 0 Å². The molecule has 1 atom stereocenters. The van der Waals surface area contributed by atoms with E-state index >= 15 is 0 Å². The highest BCUT2D eigenvalue weighted by Gasteiger charge is 2.22. The molecule has 4 nitrogen and oxygen atoms in total. The average Bonchev–Trinajstić information content (AvgIpc) is 2.70. The Morgan fingerprint density at radius 3 is 2.93 bits per heavy atom. The van der Waals surface area contributed by atoms with E-state index in [1.54, 1.807) is 7.11 Å². The Morgan fingerprint density at radius 2 is 2.20 bits per heavy atom. The van der Waals surface area contributed by atoms with Crippen molar-refractivity contribution in [2.75, 3.05) is 46.6 Å². The summed E-state index contributed by atoms with van der Waals surface area (Å²) in [6, 6.07) is 0.393. The summed E-state index contributed by atoms with van der Waals surface area (Å²) >= 11 is 0. The first-order valence-corrected chi connectivity index (χ1v) is 5.80. The van der Waals surface area contributed by atoms with Gasteiger partial charge in [-0.3, -0.25) is 4.90 Å². The molecule has 1 rings (SSSR count). The summed E-state index contributed by atoms with van der Waals surface area (Å²) in [7, 11) is 1.68. The van der Waals surface area contributed by atoms with Crippen LogP contribution in [-0.2, 0) is 9.47 Å². The second-order valence-corrected chi connectivity index (χ2v) is 3.97. The van der Waals surface area contributed by atoms with Crippen molar-refractivity contribution in [2.24, 2.45) is 0 Å². The highest BCUT2D eigenvalue weighted by Crippen LogP contribution is 2.16. The molecule has 0 aliphatic carbocycles. The van der Waals surface area contributed by atoms with Crippen molar-refractivity contribution < 1.29 is 14.6 Å². The van der Waals surface area contributed by atoms with Crippen LogP contribution >= 0.6 is 0 Å². The zero-order valence-electron chi connectivity index (χ0n) is 9.65. The Hall–Kier alpha value is -0.160. The zero-order chi connectivity index (χ0) is 10.9. The van der Waals surface area contributed by atoms with Crippen molar-refractivity contribution in [1.82, 2.24) is 4.90 Å². The van der Waals surface area contributed by atoms with Gasteiger partial charge in [-0.1, -0.05) is 0 Å². The third kappa shape index (κ3) is 4.93. The summed E-state index contributed by atoms with van der Waals surface area (Å²) in [5.41, 5.74) is 0. The van der Waals surface area contributed by atoms with Crippen molar-refractivity contribution >= 4 is 0 Å². The standard InChI is InChI=1S/C11H23NO3/c1-14-8-9-15-7-3-6-12-5-2-4-11(12)10-13/h11,13H,2-10H2,1H3. The van der Waals surface area contributed by atoms with Gasteiger partial charge in [0.15, 0.2) is 0 Å². The number of nitrogens with zero attached hydrogens (tertiary/aromatic N) is 1. The van der Waals surface area contributed by atoms with Crippen LogP contribution < -0.4 is 0 Å². The Bertz CT molecular complexity index is 155. The quantitative estimate of drug-likeness (QED) is 0.601. The summed E-state index contributed by atoms with van der Waals surface area (Å²) in [5, 5.41) is 9.12. The van der Waals surface area contributed by atoms with Crippen LogP contribution in [-0.4, -0.2) is 62.7 Å². The van der Waals surface area contributed by atoms with E-state index in [1.165, 1.54) is 6.42 Å². The average molecular weight is 217 g/mol. The topological polar surface area (TPSA) is 41.9 Å². The normalized spacial score (nSPS) is 22.4. The Morgan fingerprint density at radius 1 is 1.33 bits per heavy atom. The first-order chi connectivity index (χ1) is 7.38. The highest BCUT2D eigenvalue weighted by atomic mass is 16.5. The molecule has 1 saturated heterocycles. The molecule has 0 aromatic heterocycles. The lowest BCUT2D eigenvalue weighted by Crippen LogP contribution is -2.33. The molecule has 0 aromatic carbocycles. The van der Waals surface area contributed by atoms with Gasteiger partial charge in [-0.05, 0) is 25.8 Å². The predicted octanol–water partition coefficient (Wildman–Crippen LogP) is 0.496. The van der Waals surface area contributed by atoms with Crippen LogP contribution in [0.15, 0.2) is 0 Å². The molecular weight excluding hydrogens is 194 g/mol. The molecule has 1 unspecified atom stereocenters. The van der Waals surface area contributed by atoms with Crippen LogP contribution in [0.25, 0.3) is 0 Å². The van der Waals surface area contributed by atoms with Crippen molar-refractivity contribution in [3.05, 3.63) is 0 Å². The monoisotopic (exact) mass is 217 g/mol. The number of methoxy groups -OCH3 is 1. The molecule has 15 heavy (non-hydrogen) atoms. The fraction of sp³-hybridized carbons (Fsp3) is 1.00. The van der Waals surface area contributed by atoms with Gasteiger partial charge >= 0.3 is 0 Å². The maximum absolute atomic E-state index is 9.12. The van der Waals surface area contributed by atoms with Crippen molar-refractivity contribution in [3.8, 4) is 0 Å².